The highest BCUT2D eigenvalue weighted by atomic mass is 16.1. The lowest BCUT2D eigenvalue weighted by Gasteiger charge is -2.31. The van der Waals surface area contributed by atoms with Gasteiger partial charge in [0.05, 0.1) is 11.6 Å². The third-order valence-corrected chi connectivity index (χ3v) is 3.49. The predicted octanol–water partition coefficient (Wildman–Crippen LogP) is 2.21. The minimum absolute atomic E-state index is 0.351. The molecule has 0 aliphatic heterocycles. The van der Waals surface area contributed by atoms with E-state index in [-0.39, 0.29) is 0 Å². The summed E-state index contributed by atoms with van der Waals surface area (Å²) >= 11 is 0. The zero-order valence-electron chi connectivity index (χ0n) is 10.8. The highest BCUT2D eigenvalue weighted by molar-refractivity contribution is 5.79. The van der Waals surface area contributed by atoms with E-state index < -0.39 is 0 Å². The Morgan fingerprint density at radius 1 is 1.39 bits per heavy atom. The van der Waals surface area contributed by atoms with Gasteiger partial charge in [-0.2, -0.15) is 5.26 Å². The monoisotopic (exact) mass is 243 g/mol. The van der Waals surface area contributed by atoms with Gasteiger partial charge in [0.1, 0.15) is 11.6 Å². The van der Waals surface area contributed by atoms with E-state index in [0.29, 0.717) is 30.2 Å². The Balaban J connectivity index is 2.18. The number of ketones is 1. The van der Waals surface area contributed by atoms with Crippen molar-refractivity contribution < 1.29 is 4.79 Å². The summed E-state index contributed by atoms with van der Waals surface area (Å²) in [5, 5.41) is 8.97. The number of pyridine rings is 1. The molecule has 1 fully saturated rings. The highest BCUT2D eigenvalue weighted by Gasteiger charge is 2.23. The first-order valence-corrected chi connectivity index (χ1v) is 6.23. The van der Waals surface area contributed by atoms with Crippen LogP contribution in [-0.2, 0) is 4.79 Å². The van der Waals surface area contributed by atoms with Gasteiger partial charge in [-0.1, -0.05) is 0 Å². The lowest BCUT2D eigenvalue weighted by Crippen LogP contribution is -2.35. The van der Waals surface area contributed by atoms with Gasteiger partial charge in [-0.3, -0.25) is 4.79 Å². The van der Waals surface area contributed by atoms with E-state index in [1.807, 2.05) is 20.0 Å². The Labute approximate surface area is 107 Å². The summed E-state index contributed by atoms with van der Waals surface area (Å²) in [5.74, 6) is 1.18. The number of carbonyl (C=O) groups is 1. The number of nitrogens with zero attached hydrogens (tertiary/aromatic N) is 3. The first kappa shape index (κ1) is 12.6. The van der Waals surface area contributed by atoms with Crippen LogP contribution in [0.2, 0.25) is 0 Å². The third kappa shape index (κ3) is 2.67. The van der Waals surface area contributed by atoms with Gasteiger partial charge in [-0.05, 0) is 31.9 Å². The van der Waals surface area contributed by atoms with Gasteiger partial charge in [0, 0.05) is 31.6 Å². The predicted molar refractivity (Wildman–Crippen MR) is 69.4 cm³/mol. The largest absolute Gasteiger partial charge is 0.357 e. The second kappa shape index (κ2) is 5.18. The zero-order valence-corrected chi connectivity index (χ0v) is 10.8. The lowest BCUT2D eigenvalue weighted by atomic mass is 9.93. The minimum atomic E-state index is 0.351. The van der Waals surface area contributed by atoms with Crippen molar-refractivity contribution in [3.63, 3.8) is 0 Å². The summed E-state index contributed by atoms with van der Waals surface area (Å²) < 4.78 is 0. The second-order valence-corrected chi connectivity index (χ2v) is 4.85. The van der Waals surface area contributed by atoms with E-state index in [9.17, 15) is 4.79 Å². The molecule has 0 atom stereocenters. The number of aryl methyl sites for hydroxylation is 1. The van der Waals surface area contributed by atoms with E-state index in [2.05, 4.69) is 16.0 Å². The Morgan fingerprint density at radius 2 is 2.06 bits per heavy atom. The van der Waals surface area contributed by atoms with Crippen molar-refractivity contribution in [3.8, 4) is 6.07 Å². The fraction of sp³-hybridized carbons (Fsp3) is 0.500. The maximum atomic E-state index is 11.2. The fourth-order valence-corrected chi connectivity index (χ4v) is 2.40. The Bertz CT molecular complexity index is 494. The van der Waals surface area contributed by atoms with Crippen molar-refractivity contribution >= 4 is 11.6 Å². The topological polar surface area (TPSA) is 57.0 Å². The molecule has 0 saturated heterocycles. The molecule has 94 valence electrons. The maximum Gasteiger partial charge on any atom is 0.133 e. The first-order chi connectivity index (χ1) is 8.60. The van der Waals surface area contributed by atoms with Crippen LogP contribution in [0.25, 0.3) is 0 Å². The van der Waals surface area contributed by atoms with Crippen molar-refractivity contribution in [2.45, 2.75) is 38.6 Å². The summed E-state index contributed by atoms with van der Waals surface area (Å²) in [5.41, 5.74) is 1.49. The van der Waals surface area contributed by atoms with Crippen molar-refractivity contribution in [2.75, 3.05) is 11.9 Å². The van der Waals surface area contributed by atoms with E-state index in [1.54, 1.807) is 6.07 Å². The standard InChI is InChI=1S/C14H17N3O/c1-10-7-11(9-15)8-14(16-10)17(2)12-3-5-13(18)6-4-12/h7-8,12H,3-6H2,1-2H3. The molecule has 1 saturated carbocycles. The molecule has 0 radical (unpaired) electrons. The van der Waals surface area contributed by atoms with E-state index in [1.165, 1.54) is 0 Å². The summed E-state index contributed by atoms with van der Waals surface area (Å²) in [6.45, 7) is 1.89. The summed E-state index contributed by atoms with van der Waals surface area (Å²) in [6.07, 6.45) is 3.08. The van der Waals surface area contributed by atoms with E-state index in [0.717, 1.165) is 24.4 Å². The van der Waals surface area contributed by atoms with Crippen LogP contribution < -0.4 is 4.90 Å². The summed E-state index contributed by atoms with van der Waals surface area (Å²) in [6, 6.07) is 6.09. The summed E-state index contributed by atoms with van der Waals surface area (Å²) in [4.78, 5) is 17.8. The number of nitriles is 1. The normalized spacial score (nSPS) is 16.4. The number of hydrogen-bond donors (Lipinski definition) is 0. The van der Waals surface area contributed by atoms with Gasteiger partial charge in [0.25, 0.3) is 0 Å². The molecule has 0 amide bonds. The van der Waals surface area contributed by atoms with Crippen LogP contribution in [0, 0.1) is 18.3 Å². The molecule has 4 nitrogen and oxygen atoms in total. The Hall–Kier alpha value is -1.89. The van der Waals surface area contributed by atoms with Crippen molar-refractivity contribution in [1.29, 1.82) is 5.26 Å². The number of Topliss-reactive ketones (excluding diaryl/α,β-unsaturated/α-hetero) is 1. The van der Waals surface area contributed by atoms with Crippen molar-refractivity contribution in [2.24, 2.45) is 0 Å². The molecule has 1 aromatic heterocycles. The van der Waals surface area contributed by atoms with Crippen molar-refractivity contribution in [3.05, 3.63) is 23.4 Å². The van der Waals surface area contributed by atoms with Crippen molar-refractivity contribution in [1.82, 2.24) is 4.98 Å². The second-order valence-electron chi connectivity index (χ2n) is 4.85. The molecule has 1 aliphatic carbocycles. The minimum Gasteiger partial charge on any atom is -0.357 e. The van der Waals surface area contributed by atoms with Gasteiger partial charge in [-0.15, -0.1) is 0 Å². The van der Waals surface area contributed by atoms with Crippen LogP contribution in [0.3, 0.4) is 0 Å². The SMILES string of the molecule is Cc1cc(C#N)cc(N(C)C2CCC(=O)CC2)n1. The average Bonchev–Trinajstić information content (AvgIpc) is 2.38. The number of anilines is 1. The molecule has 0 aromatic carbocycles. The quantitative estimate of drug-likeness (QED) is 0.799. The van der Waals surface area contributed by atoms with Gasteiger partial charge in [0.15, 0.2) is 0 Å². The molecule has 1 heterocycles. The maximum absolute atomic E-state index is 11.2. The van der Waals surface area contributed by atoms with Crippen LogP contribution in [0.1, 0.15) is 36.9 Å². The molecular weight excluding hydrogens is 226 g/mol. The molecule has 18 heavy (non-hydrogen) atoms. The molecule has 0 bridgehead atoms. The van der Waals surface area contributed by atoms with Gasteiger partial charge in [0.2, 0.25) is 0 Å². The molecular formula is C14H17N3O. The summed E-state index contributed by atoms with van der Waals surface area (Å²) in [7, 11) is 1.99. The van der Waals surface area contributed by atoms with Crippen LogP contribution in [0.5, 0.6) is 0 Å². The third-order valence-electron chi connectivity index (χ3n) is 3.49. The molecule has 0 spiro atoms. The van der Waals surface area contributed by atoms with Gasteiger partial charge in [-0.25, -0.2) is 4.98 Å². The zero-order chi connectivity index (χ0) is 13.1. The average molecular weight is 243 g/mol. The molecule has 1 aromatic rings. The van der Waals surface area contributed by atoms with Crippen LogP contribution >= 0.6 is 0 Å². The highest BCUT2D eigenvalue weighted by Crippen LogP contribution is 2.24. The number of carbonyl (C=O) groups excluding carboxylic acids is 1. The van der Waals surface area contributed by atoms with Crippen LogP contribution in [0.15, 0.2) is 12.1 Å². The molecule has 1 aliphatic rings. The van der Waals surface area contributed by atoms with E-state index in [4.69, 9.17) is 5.26 Å². The smallest absolute Gasteiger partial charge is 0.133 e. The Morgan fingerprint density at radius 3 is 2.67 bits per heavy atom. The lowest BCUT2D eigenvalue weighted by molar-refractivity contribution is -0.120. The molecule has 2 rings (SSSR count). The first-order valence-electron chi connectivity index (χ1n) is 6.23. The molecule has 0 unspecified atom stereocenters. The van der Waals surface area contributed by atoms with Gasteiger partial charge < -0.3 is 4.90 Å². The molecule has 4 heteroatoms. The number of hydrogen-bond acceptors (Lipinski definition) is 4. The number of rotatable bonds is 2. The number of aromatic nitrogens is 1. The fourth-order valence-electron chi connectivity index (χ4n) is 2.40. The Kier molecular flexibility index (Phi) is 3.61. The van der Waals surface area contributed by atoms with Crippen LogP contribution in [-0.4, -0.2) is 23.9 Å². The molecule has 0 N–H and O–H groups in total. The van der Waals surface area contributed by atoms with Gasteiger partial charge >= 0.3 is 0 Å². The van der Waals surface area contributed by atoms with Crippen LogP contribution in [0.4, 0.5) is 5.82 Å². The van der Waals surface area contributed by atoms with E-state index >= 15 is 0 Å².